The van der Waals surface area contributed by atoms with Crippen molar-refractivity contribution in [2.45, 2.75) is 39.2 Å². The summed E-state index contributed by atoms with van der Waals surface area (Å²) in [5, 5.41) is 3.39. The average Bonchev–Trinajstić information content (AvgIpc) is 2.47. The van der Waals surface area contributed by atoms with Gasteiger partial charge < -0.3 is 15.1 Å². The Kier molecular flexibility index (Phi) is 5.57. The summed E-state index contributed by atoms with van der Waals surface area (Å²) in [4.78, 5) is 24.8. The molecule has 2 rings (SSSR count). The lowest BCUT2D eigenvalue weighted by Gasteiger charge is -2.33. The van der Waals surface area contributed by atoms with Crippen molar-refractivity contribution in [3.63, 3.8) is 0 Å². The van der Waals surface area contributed by atoms with Gasteiger partial charge in [0, 0.05) is 45.8 Å². The fourth-order valence-electron chi connectivity index (χ4n) is 2.60. The van der Waals surface area contributed by atoms with E-state index in [1.165, 1.54) is 0 Å². The summed E-state index contributed by atoms with van der Waals surface area (Å²) < 4.78 is 0. The first-order valence-electron chi connectivity index (χ1n) is 8.00. The minimum atomic E-state index is 0.277. The zero-order valence-electron chi connectivity index (χ0n) is 14.0. The molecule has 1 saturated heterocycles. The maximum atomic E-state index is 12.1. The van der Waals surface area contributed by atoms with Crippen LogP contribution in [-0.2, 0) is 4.79 Å². The Bertz CT molecular complexity index is 495. The van der Waals surface area contributed by atoms with E-state index in [4.69, 9.17) is 0 Å². The van der Waals surface area contributed by atoms with Gasteiger partial charge in [-0.2, -0.15) is 4.98 Å². The van der Waals surface area contributed by atoms with Crippen molar-refractivity contribution in [2.75, 3.05) is 37.4 Å². The number of hydrogen-bond acceptors (Lipinski definition) is 5. The molecule has 1 fully saturated rings. The highest BCUT2D eigenvalue weighted by Gasteiger charge is 2.23. The molecule has 0 radical (unpaired) electrons. The summed E-state index contributed by atoms with van der Waals surface area (Å²) in [6.45, 7) is 5.80. The summed E-state index contributed by atoms with van der Waals surface area (Å²) >= 11 is 0. The molecular weight excluding hydrogens is 278 g/mol. The Labute approximate surface area is 132 Å². The third-order valence-corrected chi connectivity index (χ3v) is 3.86. The Hall–Kier alpha value is -1.85. The molecular formula is C16H27N5O. The van der Waals surface area contributed by atoms with Crippen molar-refractivity contribution < 1.29 is 4.79 Å². The highest BCUT2D eigenvalue weighted by Crippen LogP contribution is 2.17. The highest BCUT2D eigenvalue weighted by molar-refractivity contribution is 5.76. The summed E-state index contributed by atoms with van der Waals surface area (Å²) in [7, 11) is 3.93. The quantitative estimate of drug-likeness (QED) is 0.901. The molecule has 2 heterocycles. The lowest BCUT2D eigenvalue weighted by Crippen LogP contribution is -2.42. The molecule has 1 aliphatic rings. The number of rotatable bonds is 5. The van der Waals surface area contributed by atoms with E-state index in [9.17, 15) is 4.79 Å². The topological polar surface area (TPSA) is 61.4 Å². The van der Waals surface area contributed by atoms with Crippen molar-refractivity contribution >= 4 is 17.7 Å². The van der Waals surface area contributed by atoms with Gasteiger partial charge in [-0.1, -0.05) is 13.8 Å². The fourth-order valence-corrected chi connectivity index (χ4v) is 2.60. The van der Waals surface area contributed by atoms with Crippen molar-refractivity contribution in [1.29, 1.82) is 0 Å². The van der Waals surface area contributed by atoms with Crippen LogP contribution in [0.15, 0.2) is 12.3 Å². The second-order valence-corrected chi connectivity index (χ2v) is 6.53. The lowest BCUT2D eigenvalue weighted by molar-refractivity contribution is -0.132. The first kappa shape index (κ1) is 16.5. The van der Waals surface area contributed by atoms with Crippen LogP contribution in [-0.4, -0.2) is 54.0 Å². The van der Waals surface area contributed by atoms with Gasteiger partial charge in [0.15, 0.2) is 0 Å². The molecule has 0 aromatic carbocycles. The number of anilines is 2. The van der Waals surface area contributed by atoms with Crippen LogP contribution in [0.25, 0.3) is 0 Å². The van der Waals surface area contributed by atoms with Gasteiger partial charge in [0.25, 0.3) is 0 Å². The van der Waals surface area contributed by atoms with Crippen molar-refractivity contribution in [3.05, 3.63) is 12.3 Å². The van der Waals surface area contributed by atoms with E-state index in [1.807, 2.05) is 30.0 Å². The van der Waals surface area contributed by atoms with Crippen molar-refractivity contribution in [2.24, 2.45) is 5.92 Å². The number of likely N-dealkylation sites (tertiary alicyclic amines) is 1. The maximum absolute atomic E-state index is 12.1. The zero-order valence-corrected chi connectivity index (χ0v) is 14.0. The van der Waals surface area contributed by atoms with Crippen molar-refractivity contribution in [1.82, 2.24) is 14.9 Å². The molecule has 22 heavy (non-hydrogen) atoms. The van der Waals surface area contributed by atoms with E-state index >= 15 is 0 Å². The van der Waals surface area contributed by atoms with Crippen LogP contribution in [0, 0.1) is 5.92 Å². The van der Waals surface area contributed by atoms with Gasteiger partial charge >= 0.3 is 0 Å². The van der Waals surface area contributed by atoms with Crippen LogP contribution in [0.5, 0.6) is 0 Å². The number of aromatic nitrogens is 2. The van der Waals surface area contributed by atoms with Crippen molar-refractivity contribution in [3.8, 4) is 0 Å². The van der Waals surface area contributed by atoms with Gasteiger partial charge in [-0.05, 0) is 24.8 Å². The minimum absolute atomic E-state index is 0.277. The molecule has 6 heteroatoms. The van der Waals surface area contributed by atoms with Gasteiger partial charge in [-0.15, -0.1) is 0 Å². The summed E-state index contributed by atoms with van der Waals surface area (Å²) in [6.07, 6.45) is 4.30. The van der Waals surface area contributed by atoms with Gasteiger partial charge in [-0.3, -0.25) is 4.79 Å². The number of nitrogens with zero attached hydrogens (tertiary/aromatic N) is 4. The normalized spacial score (nSPS) is 16.0. The molecule has 0 spiro atoms. The Morgan fingerprint density at radius 2 is 2.09 bits per heavy atom. The monoisotopic (exact) mass is 305 g/mol. The molecule has 0 aliphatic carbocycles. The first-order chi connectivity index (χ1) is 10.5. The van der Waals surface area contributed by atoms with E-state index < -0.39 is 0 Å². The number of amides is 1. The van der Waals surface area contributed by atoms with Gasteiger partial charge in [-0.25, -0.2) is 4.98 Å². The molecule has 1 aromatic rings. The van der Waals surface area contributed by atoms with Gasteiger partial charge in [0.05, 0.1) is 0 Å². The molecule has 1 aromatic heterocycles. The summed E-state index contributed by atoms with van der Waals surface area (Å²) in [6, 6.07) is 2.22. The van der Waals surface area contributed by atoms with Gasteiger partial charge in [0.2, 0.25) is 11.9 Å². The third kappa shape index (κ3) is 4.58. The molecule has 1 amide bonds. The fraction of sp³-hybridized carbons (Fsp3) is 0.688. The third-order valence-electron chi connectivity index (χ3n) is 3.86. The molecule has 1 aliphatic heterocycles. The summed E-state index contributed by atoms with van der Waals surface area (Å²) in [5.74, 6) is 2.25. The Morgan fingerprint density at radius 3 is 2.68 bits per heavy atom. The minimum Gasteiger partial charge on any atom is -0.363 e. The van der Waals surface area contributed by atoms with Gasteiger partial charge in [0.1, 0.15) is 5.82 Å². The van der Waals surface area contributed by atoms with Crippen LogP contribution in [0.4, 0.5) is 11.8 Å². The zero-order chi connectivity index (χ0) is 16.1. The molecule has 0 saturated carbocycles. The number of piperidine rings is 1. The van der Waals surface area contributed by atoms with Crippen LogP contribution in [0.1, 0.15) is 33.1 Å². The first-order valence-corrected chi connectivity index (χ1v) is 8.00. The number of carbonyl (C=O) groups is 1. The number of carbonyl (C=O) groups excluding carboxylic acids is 1. The second-order valence-electron chi connectivity index (χ2n) is 6.53. The molecule has 0 bridgehead atoms. The van der Waals surface area contributed by atoms with Crippen LogP contribution in [0.2, 0.25) is 0 Å². The molecule has 1 N–H and O–H groups in total. The molecule has 6 nitrogen and oxygen atoms in total. The second kappa shape index (κ2) is 7.42. The number of hydrogen-bond donors (Lipinski definition) is 1. The van der Waals surface area contributed by atoms with Crippen LogP contribution < -0.4 is 10.2 Å². The molecule has 122 valence electrons. The number of nitrogens with one attached hydrogen (secondary N) is 1. The highest BCUT2D eigenvalue weighted by atomic mass is 16.2. The van der Waals surface area contributed by atoms with E-state index in [0.717, 1.165) is 31.7 Å². The van der Waals surface area contributed by atoms with Crippen LogP contribution >= 0.6 is 0 Å². The predicted octanol–water partition coefficient (Wildman–Crippen LogP) is 1.99. The SMILES string of the molecule is CC(C)CC(=O)N1CCC(Nc2nccc(N(C)C)n2)CC1. The lowest BCUT2D eigenvalue weighted by atomic mass is 10.0. The average molecular weight is 305 g/mol. The van der Waals surface area contributed by atoms with E-state index in [-0.39, 0.29) is 5.91 Å². The van der Waals surface area contributed by atoms with Crippen LogP contribution in [0.3, 0.4) is 0 Å². The van der Waals surface area contributed by atoms with E-state index in [1.54, 1.807) is 6.20 Å². The van der Waals surface area contributed by atoms with E-state index in [2.05, 4.69) is 29.1 Å². The molecule has 0 atom stereocenters. The maximum Gasteiger partial charge on any atom is 0.224 e. The predicted molar refractivity (Wildman–Crippen MR) is 89.0 cm³/mol. The summed E-state index contributed by atoms with van der Waals surface area (Å²) in [5.41, 5.74) is 0. The largest absolute Gasteiger partial charge is 0.363 e. The Morgan fingerprint density at radius 1 is 1.41 bits per heavy atom. The van der Waals surface area contributed by atoms with E-state index in [0.29, 0.717) is 24.3 Å². The Balaban J connectivity index is 1.85. The smallest absolute Gasteiger partial charge is 0.224 e. The molecule has 0 unspecified atom stereocenters. The standard InChI is InChI=1S/C16H27N5O/c1-12(2)11-15(22)21-9-6-13(7-10-21)18-16-17-8-5-14(19-16)20(3)4/h5,8,12-13H,6-7,9-11H2,1-4H3,(H,17,18,19).